The topological polar surface area (TPSA) is 152 Å². The average Bonchev–Trinajstić information content (AvgIpc) is 3.58. The molecule has 2 atom stereocenters. The Bertz CT molecular complexity index is 1120. The van der Waals surface area contributed by atoms with E-state index in [4.69, 9.17) is 5.73 Å². The van der Waals surface area contributed by atoms with Gasteiger partial charge in [-0.3, -0.25) is 24.2 Å². The predicted octanol–water partition coefficient (Wildman–Crippen LogP) is 0.174. The van der Waals surface area contributed by atoms with Crippen molar-refractivity contribution in [1.29, 1.82) is 5.26 Å². The van der Waals surface area contributed by atoms with Gasteiger partial charge in [-0.25, -0.2) is 5.01 Å². The van der Waals surface area contributed by atoms with Crippen LogP contribution in [0.3, 0.4) is 0 Å². The fraction of sp³-hybridized carbons (Fsp3) is 0.435. The van der Waals surface area contributed by atoms with Gasteiger partial charge >= 0.3 is 0 Å². The number of piperazine rings is 1. The van der Waals surface area contributed by atoms with Crippen LogP contribution in [-0.4, -0.2) is 64.8 Å². The molecule has 1 aromatic carbocycles. The molecule has 1 saturated carbocycles. The third-order valence-electron chi connectivity index (χ3n) is 6.22. The number of nitrogens with zero attached hydrogens (tertiary/aromatic N) is 4. The van der Waals surface area contributed by atoms with Crippen molar-refractivity contribution in [3.8, 4) is 6.07 Å². The Labute approximate surface area is 197 Å². The summed E-state index contributed by atoms with van der Waals surface area (Å²) in [6.07, 6.45) is 3.10. The van der Waals surface area contributed by atoms with Gasteiger partial charge in [0.05, 0.1) is 30.4 Å². The number of nitriles is 1. The van der Waals surface area contributed by atoms with E-state index in [-0.39, 0.29) is 36.5 Å². The van der Waals surface area contributed by atoms with Crippen molar-refractivity contribution in [1.82, 2.24) is 20.2 Å². The van der Waals surface area contributed by atoms with E-state index in [2.05, 4.69) is 16.7 Å². The number of carbonyl (C=O) groups excluding carboxylic acids is 4. The number of primary amides is 1. The molecule has 0 radical (unpaired) electrons. The van der Waals surface area contributed by atoms with Crippen LogP contribution >= 0.6 is 0 Å². The number of likely N-dealkylation sites (N-methyl/N-ethyl adjacent to an activating group) is 1. The lowest BCUT2D eigenvalue weighted by Crippen LogP contribution is -2.58. The summed E-state index contributed by atoms with van der Waals surface area (Å²) in [7, 11) is 1.87. The second-order valence-corrected chi connectivity index (χ2v) is 8.87. The number of hydrazine groups is 1. The first-order valence-electron chi connectivity index (χ1n) is 11.1. The highest BCUT2D eigenvalue weighted by molar-refractivity contribution is 5.97. The van der Waals surface area contributed by atoms with Crippen LogP contribution in [0.1, 0.15) is 43.4 Å². The maximum atomic E-state index is 13.2. The standard InChI is InChI=1S/C23H27N7O4/c1-13-11-29(12-26-21(32)9-20(25)31)23(34)19-8-18(28(2)30(13)19)16-6-3-14(10-24)7-17(16)27-22(33)15-4-5-15/h3,6-8,13,15,18H,4-5,9,11-12H2,1-2H3,(H2,25,31)(H,26,32)(H,27,33). The van der Waals surface area contributed by atoms with E-state index >= 15 is 0 Å². The van der Waals surface area contributed by atoms with Crippen LogP contribution in [0.5, 0.6) is 0 Å². The highest BCUT2D eigenvalue weighted by Gasteiger charge is 2.43. The molecule has 2 heterocycles. The summed E-state index contributed by atoms with van der Waals surface area (Å²) in [6, 6.07) is 6.83. The minimum Gasteiger partial charge on any atom is -0.369 e. The van der Waals surface area contributed by atoms with Crippen molar-refractivity contribution < 1.29 is 19.2 Å². The molecule has 3 aliphatic rings. The average molecular weight is 466 g/mol. The lowest BCUT2D eigenvalue weighted by atomic mass is 10.0. The van der Waals surface area contributed by atoms with Crippen LogP contribution in [-0.2, 0) is 19.2 Å². The molecule has 1 aromatic rings. The monoisotopic (exact) mass is 465 g/mol. The number of rotatable bonds is 7. The van der Waals surface area contributed by atoms with E-state index in [0.29, 0.717) is 23.5 Å². The predicted molar refractivity (Wildman–Crippen MR) is 121 cm³/mol. The lowest BCUT2D eigenvalue weighted by Gasteiger charge is -2.43. The Morgan fingerprint density at radius 3 is 2.65 bits per heavy atom. The van der Waals surface area contributed by atoms with E-state index in [1.165, 1.54) is 4.90 Å². The van der Waals surface area contributed by atoms with Gasteiger partial charge in [0.2, 0.25) is 17.7 Å². The van der Waals surface area contributed by atoms with E-state index in [1.54, 1.807) is 18.2 Å². The summed E-state index contributed by atoms with van der Waals surface area (Å²) in [4.78, 5) is 49.9. The van der Waals surface area contributed by atoms with Crippen LogP contribution in [0.4, 0.5) is 5.69 Å². The van der Waals surface area contributed by atoms with Gasteiger partial charge in [0.25, 0.3) is 5.91 Å². The smallest absolute Gasteiger partial charge is 0.272 e. The Balaban J connectivity index is 1.58. The van der Waals surface area contributed by atoms with Gasteiger partial charge in [0.15, 0.2) is 0 Å². The van der Waals surface area contributed by atoms with Crippen LogP contribution < -0.4 is 16.4 Å². The Morgan fingerprint density at radius 2 is 2.00 bits per heavy atom. The molecule has 0 aromatic heterocycles. The molecule has 2 unspecified atom stereocenters. The second-order valence-electron chi connectivity index (χ2n) is 8.87. The fourth-order valence-electron chi connectivity index (χ4n) is 4.40. The molecule has 0 bridgehead atoms. The Morgan fingerprint density at radius 1 is 1.26 bits per heavy atom. The summed E-state index contributed by atoms with van der Waals surface area (Å²) >= 11 is 0. The number of nitrogens with one attached hydrogen (secondary N) is 2. The maximum absolute atomic E-state index is 13.2. The van der Waals surface area contributed by atoms with Gasteiger partial charge in [0, 0.05) is 25.2 Å². The third-order valence-corrected chi connectivity index (χ3v) is 6.22. The lowest BCUT2D eigenvalue weighted by molar-refractivity contribution is -0.140. The van der Waals surface area contributed by atoms with Crippen molar-refractivity contribution in [2.75, 3.05) is 25.6 Å². The summed E-state index contributed by atoms with van der Waals surface area (Å²) in [6.45, 7) is 2.29. The first-order valence-corrected chi connectivity index (χ1v) is 11.1. The van der Waals surface area contributed by atoms with Crippen LogP contribution in [0.15, 0.2) is 30.0 Å². The van der Waals surface area contributed by atoms with E-state index < -0.39 is 18.2 Å². The number of hydrogen-bond donors (Lipinski definition) is 3. The van der Waals surface area contributed by atoms with Crippen LogP contribution in [0.2, 0.25) is 0 Å². The Kier molecular flexibility index (Phi) is 6.26. The van der Waals surface area contributed by atoms with Crippen molar-refractivity contribution >= 4 is 29.3 Å². The molecular formula is C23H27N7O4. The number of benzene rings is 1. The zero-order valence-electron chi connectivity index (χ0n) is 19.1. The number of amides is 4. The molecule has 1 aliphatic carbocycles. The number of fused-ring (bicyclic) bond motifs is 1. The number of nitrogens with two attached hydrogens (primary N) is 1. The van der Waals surface area contributed by atoms with Crippen molar-refractivity contribution in [2.24, 2.45) is 11.7 Å². The quantitative estimate of drug-likeness (QED) is 0.486. The molecular weight excluding hydrogens is 438 g/mol. The first kappa shape index (κ1) is 23.3. The third kappa shape index (κ3) is 4.58. The van der Waals surface area contributed by atoms with Crippen molar-refractivity contribution in [2.45, 2.75) is 38.3 Å². The van der Waals surface area contributed by atoms with Gasteiger partial charge in [0.1, 0.15) is 12.1 Å². The molecule has 34 heavy (non-hydrogen) atoms. The van der Waals surface area contributed by atoms with Gasteiger partial charge in [-0.05, 0) is 43.5 Å². The van der Waals surface area contributed by atoms with E-state index in [9.17, 15) is 24.4 Å². The molecule has 4 rings (SSSR count). The van der Waals surface area contributed by atoms with Gasteiger partial charge in [-0.2, -0.15) is 5.26 Å². The van der Waals surface area contributed by atoms with Gasteiger partial charge < -0.3 is 21.3 Å². The summed E-state index contributed by atoms with van der Waals surface area (Å²) in [5.74, 6) is -1.60. The number of anilines is 1. The molecule has 11 nitrogen and oxygen atoms in total. The van der Waals surface area contributed by atoms with Gasteiger partial charge in [-0.15, -0.1) is 0 Å². The second kappa shape index (κ2) is 9.15. The summed E-state index contributed by atoms with van der Waals surface area (Å²) in [5.41, 5.74) is 7.27. The van der Waals surface area contributed by atoms with E-state index in [0.717, 1.165) is 18.4 Å². The zero-order chi connectivity index (χ0) is 24.6. The van der Waals surface area contributed by atoms with Gasteiger partial charge in [-0.1, -0.05) is 6.07 Å². The molecule has 2 fully saturated rings. The summed E-state index contributed by atoms with van der Waals surface area (Å²) in [5, 5.41) is 18.7. The summed E-state index contributed by atoms with van der Waals surface area (Å²) < 4.78 is 0. The van der Waals surface area contributed by atoms with Crippen molar-refractivity contribution in [3.05, 3.63) is 41.1 Å². The molecule has 4 N–H and O–H groups in total. The fourth-order valence-corrected chi connectivity index (χ4v) is 4.40. The normalized spacial score (nSPS) is 22.0. The number of carbonyl (C=O) groups is 4. The largest absolute Gasteiger partial charge is 0.369 e. The van der Waals surface area contributed by atoms with Crippen LogP contribution in [0, 0.1) is 17.2 Å². The molecule has 178 valence electrons. The molecule has 0 spiro atoms. The SMILES string of the molecule is CC1CN(CNC(=O)CC(N)=O)C(=O)C2=CC(c3ccc(C#N)cc3NC(=O)C3CC3)N(C)N21. The van der Waals surface area contributed by atoms with Crippen molar-refractivity contribution in [3.63, 3.8) is 0 Å². The Hall–Kier alpha value is -3.91. The highest BCUT2D eigenvalue weighted by Crippen LogP contribution is 2.40. The molecule has 1 saturated heterocycles. The molecule has 11 heteroatoms. The minimum absolute atomic E-state index is 0.00418. The number of hydrogen-bond acceptors (Lipinski definition) is 7. The van der Waals surface area contributed by atoms with E-state index in [1.807, 2.05) is 30.1 Å². The molecule has 4 amide bonds. The maximum Gasteiger partial charge on any atom is 0.272 e. The van der Waals surface area contributed by atoms with Crippen LogP contribution in [0.25, 0.3) is 0 Å². The highest BCUT2D eigenvalue weighted by atomic mass is 16.2. The first-order chi connectivity index (χ1) is 16.2. The molecule has 2 aliphatic heterocycles. The zero-order valence-corrected chi connectivity index (χ0v) is 19.1. The minimum atomic E-state index is -0.739.